The molecule has 0 bridgehead atoms. The van der Waals surface area contributed by atoms with Gasteiger partial charge in [0.15, 0.2) is 0 Å². The summed E-state index contributed by atoms with van der Waals surface area (Å²) < 4.78 is 24.5. The summed E-state index contributed by atoms with van der Waals surface area (Å²) in [5.41, 5.74) is 1.16. The van der Waals surface area contributed by atoms with Crippen LogP contribution in [-0.4, -0.2) is 48.4 Å². The molecule has 0 radical (unpaired) electrons. The van der Waals surface area contributed by atoms with Crippen molar-refractivity contribution in [2.45, 2.75) is 39.2 Å². The minimum atomic E-state index is -0.504. The number of rotatable bonds is 8. The van der Waals surface area contributed by atoms with E-state index in [-0.39, 0.29) is 5.82 Å². The Hall–Kier alpha value is -2.48. The van der Waals surface area contributed by atoms with Crippen molar-refractivity contribution < 1.29 is 18.7 Å². The van der Waals surface area contributed by atoms with Crippen LogP contribution in [0.5, 0.6) is 5.88 Å². The fourth-order valence-corrected chi connectivity index (χ4v) is 2.49. The first-order valence-electron chi connectivity index (χ1n) is 8.96. The number of alkyl carbamates (subject to hydrolysis) is 1. The number of carbonyl (C=O) groups excluding carboxylic acids is 1. The highest BCUT2D eigenvalue weighted by atomic mass is 19.1. The van der Waals surface area contributed by atoms with E-state index in [0.717, 1.165) is 6.42 Å². The van der Waals surface area contributed by atoms with E-state index in [4.69, 9.17) is 9.47 Å². The Morgan fingerprint density at radius 2 is 2.00 bits per heavy atom. The Bertz CT molecular complexity index is 777. The van der Waals surface area contributed by atoms with E-state index in [1.54, 1.807) is 12.1 Å². The first-order valence-corrected chi connectivity index (χ1v) is 8.96. The number of carbonyl (C=O) groups is 1. The normalized spacial score (nSPS) is 11.4. The zero-order valence-corrected chi connectivity index (χ0v) is 16.3. The molecule has 148 valence electrons. The second-order valence-electron chi connectivity index (χ2n) is 7.09. The minimum Gasteiger partial charge on any atom is -0.481 e. The van der Waals surface area contributed by atoms with Crippen molar-refractivity contribution >= 4 is 17.1 Å². The van der Waals surface area contributed by atoms with Gasteiger partial charge in [0.2, 0.25) is 5.88 Å². The van der Waals surface area contributed by atoms with Gasteiger partial charge in [0, 0.05) is 18.2 Å². The molecule has 2 aromatic heterocycles. The topological polar surface area (TPSA) is 85.4 Å². The van der Waals surface area contributed by atoms with Gasteiger partial charge in [0.25, 0.3) is 0 Å². The van der Waals surface area contributed by atoms with Crippen molar-refractivity contribution in [3.8, 4) is 5.88 Å². The molecule has 2 aromatic rings. The van der Waals surface area contributed by atoms with Crippen molar-refractivity contribution in [2.75, 3.05) is 26.7 Å². The maximum atomic E-state index is 14.2. The summed E-state index contributed by atoms with van der Waals surface area (Å²) in [7, 11) is 1.52. The van der Waals surface area contributed by atoms with E-state index >= 15 is 0 Å². The number of ether oxygens (including phenoxy) is 2. The Kier molecular flexibility index (Phi) is 7.29. The average Bonchev–Trinajstić information content (AvgIpc) is 2.60. The number of hydrogen-bond acceptors (Lipinski definition) is 6. The number of hydrogen-bond donors (Lipinski definition) is 2. The van der Waals surface area contributed by atoms with Crippen molar-refractivity contribution in [3.05, 3.63) is 29.7 Å². The number of methoxy groups -OCH3 is 1. The van der Waals surface area contributed by atoms with Crippen LogP contribution in [0.1, 0.15) is 32.8 Å². The van der Waals surface area contributed by atoms with Crippen molar-refractivity contribution in [1.82, 2.24) is 20.6 Å². The molecule has 2 N–H and O–H groups in total. The minimum absolute atomic E-state index is 0.378. The molecule has 0 aliphatic heterocycles. The lowest BCUT2D eigenvalue weighted by Gasteiger charge is -2.19. The molecule has 0 aliphatic rings. The van der Waals surface area contributed by atoms with Crippen LogP contribution in [-0.2, 0) is 11.2 Å². The lowest BCUT2D eigenvalue weighted by molar-refractivity contribution is 0.0527. The summed E-state index contributed by atoms with van der Waals surface area (Å²) >= 11 is 0. The Labute approximate surface area is 158 Å². The highest BCUT2D eigenvalue weighted by molar-refractivity contribution is 5.78. The highest BCUT2D eigenvalue weighted by Crippen LogP contribution is 2.21. The molecule has 0 saturated carbocycles. The van der Waals surface area contributed by atoms with Gasteiger partial charge in [-0.3, -0.25) is 4.98 Å². The second-order valence-corrected chi connectivity index (χ2v) is 7.09. The molecule has 0 atom stereocenters. The molecule has 7 nitrogen and oxygen atoms in total. The molecular weight excluding hydrogens is 351 g/mol. The lowest BCUT2D eigenvalue weighted by atomic mass is 10.1. The molecule has 1 amide bonds. The number of nitrogens with zero attached hydrogens (tertiary/aromatic N) is 2. The summed E-state index contributed by atoms with van der Waals surface area (Å²) in [6.07, 6.45) is 2.01. The summed E-state index contributed by atoms with van der Waals surface area (Å²) in [6, 6.07) is 3.47. The molecule has 8 heteroatoms. The number of nitrogens with one attached hydrogen (secondary N) is 2. The third-order valence-corrected chi connectivity index (χ3v) is 3.70. The van der Waals surface area contributed by atoms with Gasteiger partial charge in [0.1, 0.15) is 11.4 Å². The van der Waals surface area contributed by atoms with Gasteiger partial charge in [-0.1, -0.05) is 0 Å². The van der Waals surface area contributed by atoms with Crippen LogP contribution >= 0.6 is 0 Å². The molecule has 0 aliphatic carbocycles. The van der Waals surface area contributed by atoms with Crippen molar-refractivity contribution in [2.24, 2.45) is 0 Å². The van der Waals surface area contributed by atoms with Crippen LogP contribution in [0.4, 0.5) is 9.18 Å². The van der Waals surface area contributed by atoms with Gasteiger partial charge in [-0.2, -0.15) is 0 Å². The maximum absolute atomic E-state index is 14.2. The van der Waals surface area contributed by atoms with E-state index in [9.17, 15) is 9.18 Å². The Balaban J connectivity index is 1.77. The van der Waals surface area contributed by atoms with E-state index in [2.05, 4.69) is 20.6 Å². The lowest BCUT2D eigenvalue weighted by Crippen LogP contribution is -2.34. The van der Waals surface area contributed by atoms with E-state index in [1.807, 2.05) is 20.8 Å². The first-order chi connectivity index (χ1) is 12.8. The molecule has 2 heterocycles. The Morgan fingerprint density at radius 1 is 1.22 bits per heavy atom. The summed E-state index contributed by atoms with van der Waals surface area (Å²) in [5.74, 6) is 0.0500. The fraction of sp³-hybridized carbons (Fsp3) is 0.526. The SMILES string of the molecule is COc1ccc2ncc(F)c(CCNCCCNC(=O)OC(C)(C)C)c2n1. The zero-order valence-electron chi connectivity index (χ0n) is 16.3. The number of halogens is 1. The van der Waals surface area contributed by atoms with Gasteiger partial charge in [0.05, 0.1) is 24.3 Å². The summed E-state index contributed by atoms with van der Waals surface area (Å²) in [6.45, 7) is 7.24. The first kappa shape index (κ1) is 20.8. The summed E-state index contributed by atoms with van der Waals surface area (Å²) in [4.78, 5) is 19.9. The van der Waals surface area contributed by atoms with E-state index in [0.29, 0.717) is 48.5 Å². The molecule has 27 heavy (non-hydrogen) atoms. The van der Waals surface area contributed by atoms with Crippen LogP contribution in [0.3, 0.4) is 0 Å². The summed E-state index contributed by atoms with van der Waals surface area (Å²) in [5, 5.41) is 5.94. The van der Waals surface area contributed by atoms with E-state index in [1.165, 1.54) is 13.3 Å². The quantitative estimate of drug-likeness (QED) is 0.687. The van der Waals surface area contributed by atoms with Gasteiger partial charge in [-0.15, -0.1) is 0 Å². The maximum Gasteiger partial charge on any atom is 0.407 e. The molecule has 0 spiro atoms. The standard InChI is InChI=1S/C19H27FN4O3/c1-19(2,3)27-18(25)22-10-5-9-21-11-8-13-14(20)12-23-15-6-7-16(26-4)24-17(13)15/h6-7,12,21H,5,8-11H2,1-4H3,(H,22,25). The molecule has 0 aromatic carbocycles. The fourth-order valence-electron chi connectivity index (χ4n) is 2.49. The van der Waals surface area contributed by atoms with Crippen LogP contribution in [0.2, 0.25) is 0 Å². The second kappa shape index (κ2) is 9.45. The predicted octanol–water partition coefficient (Wildman–Crippen LogP) is 2.82. The van der Waals surface area contributed by atoms with Crippen LogP contribution in [0.15, 0.2) is 18.3 Å². The van der Waals surface area contributed by atoms with Crippen molar-refractivity contribution in [1.29, 1.82) is 0 Å². The number of aromatic nitrogens is 2. The predicted molar refractivity (Wildman–Crippen MR) is 101 cm³/mol. The third-order valence-electron chi connectivity index (χ3n) is 3.70. The number of pyridine rings is 2. The van der Waals surface area contributed by atoms with Crippen molar-refractivity contribution in [3.63, 3.8) is 0 Å². The zero-order chi connectivity index (χ0) is 19.9. The highest BCUT2D eigenvalue weighted by Gasteiger charge is 2.15. The van der Waals surface area contributed by atoms with E-state index < -0.39 is 11.7 Å². The van der Waals surface area contributed by atoms with Crippen LogP contribution < -0.4 is 15.4 Å². The van der Waals surface area contributed by atoms with Gasteiger partial charge in [-0.05, 0) is 52.8 Å². The molecule has 2 rings (SSSR count). The molecular formula is C19H27FN4O3. The average molecular weight is 378 g/mol. The third kappa shape index (κ3) is 6.63. The van der Waals surface area contributed by atoms with Gasteiger partial charge in [-0.25, -0.2) is 14.2 Å². The molecule has 0 saturated heterocycles. The van der Waals surface area contributed by atoms with Crippen LogP contribution in [0.25, 0.3) is 11.0 Å². The number of fused-ring (bicyclic) bond motifs is 1. The number of amides is 1. The van der Waals surface area contributed by atoms with Gasteiger partial charge >= 0.3 is 6.09 Å². The smallest absolute Gasteiger partial charge is 0.407 e. The largest absolute Gasteiger partial charge is 0.481 e. The molecule has 0 unspecified atom stereocenters. The van der Waals surface area contributed by atoms with Gasteiger partial charge < -0.3 is 20.1 Å². The van der Waals surface area contributed by atoms with Crippen LogP contribution in [0, 0.1) is 5.82 Å². The Morgan fingerprint density at radius 3 is 2.70 bits per heavy atom. The molecule has 0 fully saturated rings. The monoisotopic (exact) mass is 378 g/mol.